The normalized spacial score (nSPS) is 10.6. The second-order valence-electron chi connectivity index (χ2n) is 4.67. The molecule has 5 heteroatoms. The van der Waals surface area contributed by atoms with E-state index < -0.39 is 0 Å². The Kier molecular flexibility index (Phi) is 4.60. The third-order valence-corrected chi connectivity index (χ3v) is 4.24. The van der Waals surface area contributed by atoms with E-state index in [9.17, 15) is 4.79 Å². The van der Waals surface area contributed by atoms with Crippen LogP contribution < -0.4 is 4.74 Å². The summed E-state index contributed by atoms with van der Waals surface area (Å²) in [6.45, 7) is 1.91. The average molecular weight is 337 g/mol. The van der Waals surface area contributed by atoms with Gasteiger partial charge in [0.1, 0.15) is 11.5 Å². The molecule has 0 aliphatic heterocycles. The van der Waals surface area contributed by atoms with E-state index in [0.717, 1.165) is 27.2 Å². The molecule has 4 nitrogen and oxygen atoms in total. The summed E-state index contributed by atoms with van der Waals surface area (Å²) in [5, 5.41) is 4.30. The largest absolute Gasteiger partial charge is 0.496 e. The third kappa shape index (κ3) is 3.10. The number of carbonyl (C=O) groups excluding carboxylic acids is 1. The zero-order chi connectivity index (χ0) is 14.7. The van der Waals surface area contributed by atoms with Crippen molar-refractivity contribution in [2.45, 2.75) is 19.8 Å². The summed E-state index contributed by atoms with van der Waals surface area (Å²) in [5.41, 5.74) is 2.71. The van der Waals surface area contributed by atoms with Crippen LogP contribution in [-0.4, -0.2) is 22.7 Å². The Morgan fingerprint density at radius 2 is 2.05 bits per heavy atom. The first-order valence-electron chi connectivity index (χ1n) is 6.34. The van der Waals surface area contributed by atoms with Gasteiger partial charge in [0, 0.05) is 25.5 Å². The topological polar surface area (TPSA) is 44.1 Å². The van der Waals surface area contributed by atoms with E-state index in [1.807, 2.05) is 38.2 Å². The van der Waals surface area contributed by atoms with Gasteiger partial charge in [0.15, 0.2) is 0 Å². The first kappa shape index (κ1) is 14.8. The molecule has 20 heavy (non-hydrogen) atoms. The van der Waals surface area contributed by atoms with Gasteiger partial charge in [-0.3, -0.25) is 9.48 Å². The van der Waals surface area contributed by atoms with E-state index in [1.165, 1.54) is 0 Å². The maximum atomic E-state index is 12.2. The van der Waals surface area contributed by atoms with Crippen LogP contribution in [0, 0.1) is 6.92 Å². The van der Waals surface area contributed by atoms with Gasteiger partial charge < -0.3 is 4.74 Å². The number of ether oxygens (including phenoxy) is 1. The van der Waals surface area contributed by atoms with Gasteiger partial charge in [-0.15, -0.1) is 0 Å². The summed E-state index contributed by atoms with van der Waals surface area (Å²) in [5.74, 6) is 0.888. The first-order valence-corrected chi connectivity index (χ1v) is 7.13. The van der Waals surface area contributed by atoms with Gasteiger partial charge in [-0.05, 0) is 28.9 Å². The van der Waals surface area contributed by atoms with Crippen LogP contribution in [0.15, 0.2) is 28.7 Å². The fourth-order valence-corrected chi connectivity index (χ4v) is 2.66. The highest BCUT2D eigenvalue weighted by molar-refractivity contribution is 9.10. The molecule has 0 unspecified atom stereocenters. The summed E-state index contributed by atoms with van der Waals surface area (Å²) in [7, 11) is 3.47. The van der Waals surface area contributed by atoms with E-state index in [2.05, 4.69) is 21.0 Å². The lowest BCUT2D eigenvalue weighted by Gasteiger charge is -2.08. The second-order valence-corrected chi connectivity index (χ2v) is 5.47. The summed E-state index contributed by atoms with van der Waals surface area (Å²) in [6, 6.07) is 7.59. The fourth-order valence-electron chi connectivity index (χ4n) is 2.18. The molecule has 0 amide bonds. The number of para-hydroxylation sites is 1. The molecule has 106 valence electrons. The summed E-state index contributed by atoms with van der Waals surface area (Å²) < 4.78 is 7.93. The predicted octanol–water partition coefficient (Wildman–Crippen LogP) is 2.85. The summed E-state index contributed by atoms with van der Waals surface area (Å²) >= 11 is 3.48. The first-order chi connectivity index (χ1) is 9.52. The minimum absolute atomic E-state index is 0.137. The lowest BCUT2D eigenvalue weighted by atomic mass is 10.0. The maximum Gasteiger partial charge on any atom is 0.143 e. The van der Waals surface area contributed by atoms with Gasteiger partial charge in [0.05, 0.1) is 23.0 Å². The zero-order valence-corrected chi connectivity index (χ0v) is 13.4. The Morgan fingerprint density at radius 1 is 1.35 bits per heavy atom. The number of halogens is 1. The Balaban J connectivity index is 2.13. The van der Waals surface area contributed by atoms with Gasteiger partial charge in [-0.1, -0.05) is 18.2 Å². The third-order valence-electron chi connectivity index (χ3n) is 3.21. The van der Waals surface area contributed by atoms with Gasteiger partial charge in [-0.25, -0.2) is 0 Å². The standard InChI is InChI=1S/C15H17BrN2O2/c1-10-15(16)13(18(2)17-10)9-12(19)8-11-6-4-5-7-14(11)20-3/h4-7H,8-9H2,1-3H3. The minimum Gasteiger partial charge on any atom is -0.496 e. The van der Waals surface area contributed by atoms with Crippen LogP contribution in [0.1, 0.15) is 17.0 Å². The molecule has 1 aromatic heterocycles. The molecule has 2 rings (SSSR count). The predicted molar refractivity (Wildman–Crippen MR) is 81.1 cm³/mol. The zero-order valence-electron chi connectivity index (χ0n) is 11.8. The Labute approximate surface area is 126 Å². The number of aryl methyl sites for hydroxylation is 2. The van der Waals surface area contributed by atoms with E-state index in [0.29, 0.717) is 12.8 Å². The van der Waals surface area contributed by atoms with Crippen LogP contribution in [0.5, 0.6) is 5.75 Å². The lowest BCUT2D eigenvalue weighted by Crippen LogP contribution is -2.11. The molecule has 0 spiro atoms. The molecule has 0 bridgehead atoms. The van der Waals surface area contributed by atoms with Crippen molar-refractivity contribution in [3.8, 4) is 5.75 Å². The number of methoxy groups -OCH3 is 1. The van der Waals surface area contributed by atoms with Crippen molar-refractivity contribution in [3.63, 3.8) is 0 Å². The SMILES string of the molecule is COc1ccccc1CC(=O)Cc1c(Br)c(C)nn1C. The van der Waals surface area contributed by atoms with Crippen LogP contribution in [0.25, 0.3) is 0 Å². The van der Waals surface area contributed by atoms with E-state index in [4.69, 9.17) is 4.74 Å². The van der Waals surface area contributed by atoms with E-state index in [-0.39, 0.29) is 5.78 Å². The highest BCUT2D eigenvalue weighted by Gasteiger charge is 2.15. The number of nitrogens with zero attached hydrogens (tertiary/aromatic N) is 2. The number of ketones is 1. The second kappa shape index (κ2) is 6.22. The lowest BCUT2D eigenvalue weighted by molar-refractivity contribution is -0.117. The highest BCUT2D eigenvalue weighted by atomic mass is 79.9. The van der Waals surface area contributed by atoms with Crippen molar-refractivity contribution in [2.75, 3.05) is 7.11 Å². The van der Waals surface area contributed by atoms with E-state index >= 15 is 0 Å². The molecule has 0 atom stereocenters. The minimum atomic E-state index is 0.137. The van der Waals surface area contributed by atoms with Crippen molar-refractivity contribution in [1.82, 2.24) is 9.78 Å². The van der Waals surface area contributed by atoms with Crippen molar-refractivity contribution in [1.29, 1.82) is 0 Å². The van der Waals surface area contributed by atoms with Crippen LogP contribution in [-0.2, 0) is 24.7 Å². The molecule has 0 saturated carbocycles. The molecule has 0 N–H and O–H groups in total. The quantitative estimate of drug-likeness (QED) is 0.843. The van der Waals surface area contributed by atoms with Gasteiger partial charge in [0.25, 0.3) is 0 Å². The molecule has 1 heterocycles. The molecule has 0 fully saturated rings. The molecule has 0 aliphatic carbocycles. The van der Waals surface area contributed by atoms with Crippen LogP contribution in [0.2, 0.25) is 0 Å². The molecular weight excluding hydrogens is 320 g/mol. The molecule has 0 aliphatic rings. The molecular formula is C15H17BrN2O2. The molecule has 1 aromatic carbocycles. The van der Waals surface area contributed by atoms with Gasteiger partial charge >= 0.3 is 0 Å². The van der Waals surface area contributed by atoms with Crippen molar-refractivity contribution >= 4 is 21.7 Å². The van der Waals surface area contributed by atoms with Crippen molar-refractivity contribution in [2.24, 2.45) is 7.05 Å². The summed E-state index contributed by atoms with van der Waals surface area (Å²) in [4.78, 5) is 12.2. The van der Waals surface area contributed by atoms with Gasteiger partial charge in [-0.2, -0.15) is 5.10 Å². The van der Waals surface area contributed by atoms with E-state index in [1.54, 1.807) is 11.8 Å². The number of rotatable bonds is 5. The number of aromatic nitrogens is 2. The molecule has 0 saturated heterocycles. The summed E-state index contributed by atoms with van der Waals surface area (Å²) in [6.07, 6.45) is 0.719. The fraction of sp³-hybridized carbons (Fsp3) is 0.333. The average Bonchev–Trinajstić information content (AvgIpc) is 2.66. The monoisotopic (exact) mass is 336 g/mol. The Morgan fingerprint density at radius 3 is 2.65 bits per heavy atom. The number of benzene rings is 1. The number of Topliss-reactive ketones (excluding diaryl/α,β-unsaturated/α-hetero) is 1. The number of hydrogen-bond acceptors (Lipinski definition) is 3. The Hall–Kier alpha value is -1.62. The maximum absolute atomic E-state index is 12.2. The van der Waals surface area contributed by atoms with Crippen LogP contribution in [0.3, 0.4) is 0 Å². The van der Waals surface area contributed by atoms with Gasteiger partial charge in [0.2, 0.25) is 0 Å². The number of hydrogen-bond donors (Lipinski definition) is 0. The molecule has 0 radical (unpaired) electrons. The van der Waals surface area contributed by atoms with Crippen molar-refractivity contribution in [3.05, 3.63) is 45.7 Å². The Bertz CT molecular complexity index is 635. The number of carbonyl (C=O) groups is 1. The van der Waals surface area contributed by atoms with Crippen LogP contribution in [0.4, 0.5) is 0 Å². The van der Waals surface area contributed by atoms with Crippen LogP contribution >= 0.6 is 15.9 Å². The van der Waals surface area contributed by atoms with Crippen molar-refractivity contribution < 1.29 is 9.53 Å². The highest BCUT2D eigenvalue weighted by Crippen LogP contribution is 2.22. The molecule has 2 aromatic rings. The smallest absolute Gasteiger partial charge is 0.143 e.